The van der Waals surface area contributed by atoms with Crippen LogP contribution in [0.15, 0.2) is 40.9 Å². The van der Waals surface area contributed by atoms with E-state index in [-0.39, 0.29) is 5.82 Å². The molecule has 0 aliphatic carbocycles. The Kier molecular flexibility index (Phi) is 3.76. The van der Waals surface area contributed by atoms with Gasteiger partial charge in [0, 0.05) is 22.4 Å². The summed E-state index contributed by atoms with van der Waals surface area (Å²) in [5, 5.41) is 0. The van der Waals surface area contributed by atoms with Gasteiger partial charge in [-0.3, -0.25) is 0 Å². The predicted molar refractivity (Wildman–Crippen MR) is 84.0 cm³/mol. The molecule has 1 aliphatic rings. The van der Waals surface area contributed by atoms with Gasteiger partial charge >= 0.3 is 0 Å². The van der Waals surface area contributed by atoms with Gasteiger partial charge in [0.1, 0.15) is 5.82 Å². The highest BCUT2D eigenvalue weighted by Gasteiger charge is 2.22. The lowest BCUT2D eigenvalue weighted by Gasteiger charge is -2.23. The van der Waals surface area contributed by atoms with E-state index >= 15 is 0 Å². The summed E-state index contributed by atoms with van der Waals surface area (Å²) in [7, 11) is 0. The predicted octanol–water partition coefficient (Wildman–Crippen LogP) is 3.78. The van der Waals surface area contributed by atoms with Crippen molar-refractivity contribution in [1.29, 1.82) is 0 Å². The van der Waals surface area contributed by atoms with Crippen molar-refractivity contribution in [2.75, 3.05) is 18.0 Å². The van der Waals surface area contributed by atoms with Crippen molar-refractivity contribution in [3.63, 3.8) is 0 Å². The first-order valence-electron chi connectivity index (χ1n) is 6.73. The van der Waals surface area contributed by atoms with E-state index < -0.39 is 0 Å². The fraction of sp³-hybridized carbons (Fsp3) is 0.250. The van der Waals surface area contributed by atoms with E-state index in [1.807, 2.05) is 12.1 Å². The molecule has 0 fully saturated rings. The molecule has 0 atom stereocenters. The molecule has 2 aromatic rings. The number of halogens is 2. The topological polar surface area (TPSA) is 29.3 Å². The van der Waals surface area contributed by atoms with E-state index in [4.69, 9.17) is 5.73 Å². The van der Waals surface area contributed by atoms with Crippen LogP contribution in [0.2, 0.25) is 0 Å². The zero-order valence-electron chi connectivity index (χ0n) is 11.1. The van der Waals surface area contributed by atoms with Crippen molar-refractivity contribution >= 4 is 27.3 Å². The molecule has 0 saturated carbocycles. The molecule has 1 aliphatic heterocycles. The quantitative estimate of drug-likeness (QED) is 0.925. The molecule has 0 aromatic heterocycles. The van der Waals surface area contributed by atoms with Gasteiger partial charge < -0.3 is 10.6 Å². The van der Waals surface area contributed by atoms with Crippen LogP contribution < -0.4 is 10.6 Å². The average Bonchev–Trinajstić information content (AvgIpc) is 2.84. The standard InChI is InChI=1S/C16H16BrFN2/c17-13-3-1-11(5-7-19)15(9-13)20-8-6-12-2-4-14(18)10-16(12)20/h1-4,9-10H,5-8,19H2. The summed E-state index contributed by atoms with van der Waals surface area (Å²) in [6.45, 7) is 1.49. The van der Waals surface area contributed by atoms with Crippen LogP contribution in [-0.2, 0) is 12.8 Å². The molecule has 1 heterocycles. The molecular weight excluding hydrogens is 319 g/mol. The summed E-state index contributed by atoms with van der Waals surface area (Å²) in [6, 6.07) is 11.2. The largest absolute Gasteiger partial charge is 0.341 e. The number of fused-ring (bicyclic) bond motifs is 1. The molecule has 0 saturated heterocycles. The minimum atomic E-state index is -0.189. The molecule has 2 nitrogen and oxygen atoms in total. The lowest BCUT2D eigenvalue weighted by Crippen LogP contribution is -2.16. The van der Waals surface area contributed by atoms with Crippen molar-refractivity contribution in [2.45, 2.75) is 12.8 Å². The van der Waals surface area contributed by atoms with Crippen molar-refractivity contribution < 1.29 is 4.39 Å². The van der Waals surface area contributed by atoms with Crippen LogP contribution in [0.3, 0.4) is 0 Å². The van der Waals surface area contributed by atoms with Crippen LogP contribution >= 0.6 is 15.9 Å². The van der Waals surface area contributed by atoms with Gasteiger partial charge in [0.15, 0.2) is 0 Å². The van der Waals surface area contributed by atoms with Crippen molar-refractivity contribution in [2.24, 2.45) is 5.73 Å². The number of nitrogens with zero attached hydrogens (tertiary/aromatic N) is 1. The van der Waals surface area contributed by atoms with Gasteiger partial charge in [-0.05, 0) is 54.8 Å². The second-order valence-corrected chi connectivity index (χ2v) is 5.90. The van der Waals surface area contributed by atoms with E-state index in [0.29, 0.717) is 6.54 Å². The molecular formula is C16H16BrFN2. The maximum atomic E-state index is 13.5. The Morgan fingerprint density at radius 2 is 2.00 bits per heavy atom. The van der Waals surface area contributed by atoms with Gasteiger partial charge in [-0.1, -0.05) is 28.1 Å². The molecule has 2 aromatic carbocycles. The number of benzene rings is 2. The fourth-order valence-corrected chi connectivity index (χ4v) is 3.11. The normalized spacial score (nSPS) is 13.7. The summed E-state index contributed by atoms with van der Waals surface area (Å²) >= 11 is 3.52. The molecule has 0 spiro atoms. The van der Waals surface area contributed by atoms with Crippen molar-refractivity contribution in [1.82, 2.24) is 0 Å². The summed E-state index contributed by atoms with van der Waals surface area (Å²) in [6.07, 6.45) is 1.77. The van der Waals surface area contributed by atoms with E-state index in [9.17, 15) is 4.39 Å². The smallest absolute Gasteiger partial charge is 0.125 e. The van der Waals surface area contributed by atoms with Gasteiger partial charge in [0.05, 0.1) is 0 Å². The number of rotatable bonds is 3. The lowest BCUT2D eigenvalue weighted by molar-refractivity contribution is 0.628. The molecule has 3 rings (SSSR count). The summed E-state index contributed by atoms with van der Waals surface area (Å²) in [5.41, 5.74) is 10.2. The summed E-state index contributed by atoms with van der Waals surface area (Å²) in [5.74, 6) is -0.189. The third kappa shape index (κ3) is 2.45. The minimum Gasteiger partial charge on any atom is -0.341 e. The van der Waals surface area contributed by atoms with E-state index in [2.05, 4.69) is 33.0 Å². The van der Waals surface area contributed by atoms with E-state index in [1.54, 1.807) is 6.07 Å². The number of hydrogen-bond acceptors (Lipinski definition) is 2. The molecule has 0 amide bonds. The average molecular weight is 335 g/mol. The molecule has 104 valence electrons. The van der Waals surface area contributed by atoms with Crippen LogP contribution in [0.1, 0.15) is 11.1 Å². The highest BCUT2D eigenvalue weighted by atomic mass is 79.9. The van der Waals surface area contributed by atoms with Gasteiger partial charge in [0.2, 0.25) is 0 Å². The van der Waals surface area contributed by atoms with Gasteiger partial charge in [-0.15, -0.1) is 0 Å². The Bertz CT molecular complexity index is 642. The number of nitrogens with two attached hydrogens (primary N) is 1. The second kappa shape index (κ2) is 5.54. The maximum absolute atomic E-state index is 13.5. The zero-order valence-corrected chi connectivity index (χ0v) is 12.7. The first kappa shape index (κ1) is 13.6. The van der Waals surface area contributed by atoms with Gasteiger partial charge in [0.25, 0.3) is 0 Å². The molecule has 0 bridgehead atoms. The minimum absolute atomic E-state index is 0.189. The molecule has 2 N–H and O–H groups in total. The lowest BCUT2D eigenvalue weighted by atomic mass is 10.1. The van der Waals surface area contributed by atoms with Crippen molar-refractivity contribution in [3.8, 4) is 0 Å². The Labute approximate surface area is 126 Å². The zero-order chi connectivity index (χ0) is 14.1. The van der Waals surface area contributed by atoms with Gasteiger partial charge in [-0.25, -0.2) is 4.39 Å². The Morgan fingerprint density at radius 3 is 2.80 bits per heavy atom. The van der Waals surface area contributed by atoms with Crippen LogP contribution in [0.4, 0.5) is 15.8 Å². The summed E-state index contributed by atoms with van der Waals surface area (Å²) in [4.78, 5) is 2.19. The van der Waals surface area contributed by atoms with Crippen molar-refractivity contribution in [3.05, 3.63) is 57.8 Å². The Hall–Kier alpha value is -1.39. The third-order valence-electron chi connectivity index (χ3n) is 3.69. The van der Waals surface area contributed by atoms with Crippen LogP contribution in [0.5, 0.6) is 0 Å². The molecule has 0 unspecified atom stereocenters. The molecule has 4 heteroatoms. The SMILES string of the molecule is NCCc1ccc(Br)cc1N1CCc2ccc(F)cc21. The Morgan fingerprint density at radius 1 is 1.15 bits per heavy atom. The second-order valence-electron chi connectivity index (χ2n) is 4.99. The highest BCUT2D eigenvalue weighted by Crippen LogP contribution is 2.38. The van der Waals surface area contributed by atoms with E-state index in [0.717, 1.165) is 35.2 Å². The van der Waals surface area contributed by atoms with Crippen LogP contribution in [0, 0.1) is 5.82 Å². The monoisotopic (exact) mass is 334 g/mol. The van der Waals surface area contributed by atoms with Crippen LogP contribution in [0.25, 0.3) is 0 Å². The summed E-state index contributed by atoms with van der Waals surface area (Å²) < 4.78 is 14.5. The molecule has 0 radical (unpaired) electrons. The first-order valence-corrected chi connectivity index (χ1v) is 7.53. The number of hydrogen-bond donors (Lipinski definition) is 1. The van der Waals surface area contributed by atoms with E-state index in [1.165, 1.54) is 17.2 Å². The Balaban J connectivity index is 2.07. The van der Waals surface area contributed by atoms with Crippen LogP contribution in [-0.4, -0.2) is 13.1 Å². The fourth-order valence-electron chi connectivity index (χ4n) is 2.76. The van der Waals surface area contributed by atoms with Gasteiger partial charge in [-0.2, -0.15) is 0 Å². The number of anilines is 2. The first-order chi connectivity index (χ1) is 9.69. The maximum Gasteiger partial charge on any atom is 0.125 e. The molecule has 20 heavy (non-hydrogen) atoms. The third-order valence-corrected chi connectivity index (χ3v) is 4.19. The highest BCUT2D eigenvalue weighted by molar-refractivity contribution is 9.10.